The third-order valence-electron chi connectivity index (χ3n) is 4.83. The molecule has 186 valence electrons. The molecule has 8 nitrogen and oxygen atoms in total. The van der Waals surface area contributed by atoms with Crippen molar-refractivity contribution in [3.05, 3.63) is 90.3 Å². The summed E-state index contributed by atoms with van der Waals surface area (Å²) in [6.07, 6.45) is 0. The number of anilines is 1. The molecular formula is C25H23F2N5O3S. The van der Waals surface area contributed by atoms with Crippen molar-refractivity contribution in [3.8, 4) is 17.1 Å². The second-order valence-corrected chi connectivity index (χ2v) is 10.6. The zero-order valence-electron chi connectivity index (χ0n) is 19.7. The lowest BCUT2D eigenvalue weighted by atomic mass is 10.1. The van der Waals surface area contributed by atoms with E-state index in [0.717, 1.165) is 12.1 Å². The minimum absolute atomic E-state index is 0.0371. The number of carbonyl (C=O) groups excluding carboxylic acids is 1. The zero-order valence-corrected chi connectivity index (χ0v) is 20.5. The molecule has 0 bridgehead atoms. The fourth-order valence-electron chi connectivity index (χ4n) is 3.38. The van der Waals surface area contributed by atoms with Gasteiger partial charge in [-0.3, -0.25) is 4.79 Å². The summed E-state index contributed by atoms with van der Waals surface area (Å²) in [7, 11) is -4.19. The van der Waals surface area contributed by atoms with Gasteiger partial charge in [0.15, 0.2) is 5.82 Å². The number of hydrogen-bond donors (Lipinski definition) is 2. The molecule has 0 aliphatic heterocycles. The van der Waals surface area contributed by atoms with E-state index in [0.29, 0.717) is 17.1 Å². The maximum Gasteiger partial charge on any atom is 0.295 e. The predicted molar refractivity (Wildman–Crippen MR) is 131 cm³/mol. The predicted octanol–water partition coefficient (Wildman–Crippen LogP) is 4.54. The van der Waals surface area contributed by atoms with Crippen molar-refractivity contribution >= 4 is 21.6 Å². The lowest BCUT2D eigenvalue weighted by molar-refractivity contribution is 0.101. The highest BCUT2D eigenvalue weighted by Crippen LogP contribution is 2.24. The van der Waals surface area contributed by atoms with Crippen LogP contribution < -0.4 is 10.0 Å². The minimum atomic E-state index is -4.19. The van der Waals surface area contributed by atoms with E-state index in [4.69, 9.17) is 0 Å². The summed E-state index contributed by atoms with van der Waals surface area (Å²) in [4.78, 5) is 16.8. The standard InChI is InChI=1S/C25H23F2N5O3S/c1-25(2,3)31-36(34,35)21-15-18(11-14-20(21)27)28-24(33)22-29-23(16-7-5-4-6-8-16)32(30-22)19-12-9-17(26)10-13-19/h4-15,31H,1-3H3,(H,28,33). The molecule has 0 radical (unpaired) electrons. The van der Waals surface area contributed by atoms with Crippen LogP contribution in [0.15, 0.2) is 77.7 Å². The number of sulfonamides is 1. The fourth-order valence-corrected chi connectivity index (χ4v) is 4.90. The molecule has 0 saturated carbocycles. The van der Waals surface area contributed by atoms with E-state index in [1.54, 1.807) is 45.0 Å². The van der Waals surface area contributed by atoms with Crippen molar-refractivity contribution in [2.24, 2.45) is 0 Å². The molecule has 0 aliphatic rings. The monoisotopic (exact) mass is 511 g/mol. The Morgan fingerprint density at radius 1 is 0.944 bits per heavy atom. The number of nitrogens with zero attached hydrogens (tertiary/aromatic N) is 3. The van der Waals surface area contributed by atoms with Crippen LogP contribution in [0.2, 0.25) is 0 Å². The molecule has 11 heteroatoms. The molecule has 4 aromatic rings. The molecule has 1 aromatic heterocycles. The van der Waals surface area contributed by atoms with E-state index >= 15 is 0 Å². The maximum absolute atomic E-state index is 14.4. The molecule has 1 heterocycles. The molecule has 0 atom stereocenters. The van der Waals surface area contributed by atoms with Crippen LogP contribution in [0.5, 0.6) is 0 Å². The molecule has 4 rings (SSSR count). The molecule has 36 heavy (non-hydrogen) atoms. The lowest BCUT2D eigenvalue weighted by Crippen LogP contribution is -2.40. The number of rotatable bonds is 6. The SMILES string of the molecule is CC(C)(C)NS(=O)(=O)c1cc(NC(=O)c2nc(-c3ccccc3)n(-c3ccc(F)cc3)n2)ccc1F. The Morgan fingerprint density at radius 3 is 2.25 bits per heavy atom. The van der Waals surface area contributed by atoms with Gasteiger partial charge in [0.1, 0.15) is 16.5 Å². The largest absolute Gasteiger partial charge is 0.319 e. The van der Waals surface area contributed by atoms with Gasteiger partial charge in [0.05, 0.1) is 5.69 Å². The van der Waals surface area contributed by atoms with Crippen LogP contribution in [-0.2, 0) is 10.0 Å². The van der Waals surface area contributed by atoms with Crippen LogP contribution in [-0.4, -0.2) is 34.6 Å². The van der Waals surface area contributed by atoms with Crippen molar-refractivity contribution in [1.29, 1.82) is 0 Å². The van der Waals surface area contributed by atoms with Gasteiger partial charge in [0.25, 0.3) is 5.91 Å². The van der Waals surface area contributed by atoms with E-state index < -0.39 is 38.0 Å². The number of carbonyl (C=O) groups is 1. The second-order valence-electron chi connectivity index (χ2n) is 8.97. The Balaban J connectivity index is 1.69. The number of amides is 1. The summed E-state index contributed by atoms with van der Waals surface area (Å²) in [5.74, 6) is -2.02. The first kappa shape index (κ1) is 25.1. The Bertz CT molecular complexity index is 1510. The third kappa shape index (κ3) is 5.64. The van der Waals surface area contributed by atoms with Gasteiger partial charge in [-0.05, 0) is 63.2 Å². The van der Waals surface area contributed by atoms with Gasteiger partial charge in [-0.25, -0.2) is 31.6 Å². The molecule has 0 spiro atoms. The molecule has 0 aliphatic carbocycles. The normalized spacial score (nSPS) is 11.9. The highest BCUT2D eigenvalue weighted by Gasteiger charge is 2.26. The summed E-state index contributed by atoms with van der Waals surface area (Å²) in [5, 5.41) is 6.80. The van der Waals surface area contributed by atoms with Gasteiger partial charge in [0, 0.05) is 16.8 Å². The summed E-state index contributed by atoms with van der Waals surface area (Å²) >= 11 is 0. The quantitative estimate of drug-likeness (QED) is 0.395. The summed E-state index contributed by atoms with van der Waals surface area (Å²) in [5.41, 5.74) is 0.340. The average Bonchev–Trinajstić information content (AvgIpc) is 3.25. The van der Waals surface area contributed by atoms with Gasteiger partial charge in [-0.2, -0.15) is 0 Å². The van der Waals surface area contributed by atoms with Crippen molar-refractivity contribution < 1.29 is 22.0 Å². The summed E-state index contributed by atoms with van der Waals surface area (Å²) in [6.45, 7) is 4.88. The highest BCUT2D eigenvalue weighted by atomic mass is 32.2. The van der Waals surface area contributed by atoms with Crippen LogP contribution in [0.3, 0.4) is 0 Å². The van der Waals surface area contributed by atoms with E-state index in [1.807, 2.05) is 6.07 Å². The van der Waals surface area contributed by atoms with E-state index in [9.17, 15) is 22.0 Å². The zero-order chi connectivity index (χ0) is 26.1. The van der Waals surface area contributed by atoms with Crippen LogP contribution in [0.25, 0.3) is 17.1 Å². The van der Waals surface area contributed by atoms with Crippen LogP contribution in [0, 0.1) is 11.6 Å². The number of halogens is 2. The Morgan fingerprint density at radius 2 is 1.61 bits per heavy atom. The number of hydrogen-bond acceptors (Lipinski definition) is 5. The Kier molecular flexibility index (Phi) is 6.70. The smallest absolute Gasteiger partial charge is 0.295 e. The summed E-state index contributed by atoms with van der Waals surface area (Å²) in [6, 6.07) is 17.7. The van der Waals surface area contributed by atoms with Gasteiger partial charge in [-0.15, -0.1) is 5.10 Å². The van der Waals surface area contributed by atoms with Crippen molar-refractivity contribution in [1.82, 2.24) is 19.5 Å². The first-order valence-electron chi connectivity index (χ1n) is 10.9. The highest BCUT2D eigenvalue weighted by molar-refractivity contribution is 7.89. The summed E-state index contributed by atoms with van der Waals surface area (Å²) < 4.78 is 56.9. The minimum Gasteiger partial charge on any atom is -0.319 e. The van der Waals surface area contributed by atoms with Crippen LogP contribution in [0.4, 0.5) is 14.5 Å². The van der Waals surface area contributed by atoms with Crippen LogP contribution >= 0.6 is 0 Å². The Labute approximate surface area is 207 Å². The average molecular weight is 512 g/mol. The number of benzene rings is 3. The van der Waals surface area contributed by atoms with Crippen molar-refractivity contribution in [2.45, 2.75) is 31.2 Å². The van der Waals surface area contributed by atoms with Gasteiger partial charge in [-0.1, -0.05) is 30.3 Å². The lowest BCUT2D eigenvalue weighted by Gasteiger charge is -2.20. The van der Waals surface area contributed by atoms with E-state index in [-0.39, 0.29) is 11.5 Å². The van der Waals surface area contributed by atoms with Gasteiger partial charge in [0.2, 0.25) is 15.8 Å². The molecule has 0 saturated heterocycles. The molecule has 0 unspecified atom stereocenters. The number of aromatic nitrogens is 3. The first-order valence-corrected chi connectivity index (χ1v) is 12.3. The third-order valence-corrected chi connectivity index (χ3v) is 6.61. The molecular weight excluding hydrogens is 488 g/mol. The first-order chi connectivity index (χ1) is 16.9. The molecule has 0 fully saturated rings. The van der Waals surface area contributed by atoms with Crippen LogP contribution in [0.1, 0.15) is 31.4 Å². The van der Waals surface area contributed by atoms with Gasteiger partial charge < -0.3 is 5.32 Å². The number of nitrogens with one attached hydrogen (secondary N) is 2. The maximum atomic E-state index is 14.4. The molecule has 2 N–H and O–H groups in total. The fraction of sp³-hybridized carbons (Fsp3) is 0.160. The van der Waals surface area contributed by atoms with Crippen molar-refractivity contribution in [3.63, 3.8) is 0 Å². The topological polar surface area (TPSA) is 106 Å². The van der Waals surface area contributed by atoms with E-state index in [2.05, 4.69) is 20.1 Å². The van der Waals surface area contributed by atoms with Gasteiger partial charge >= 0.3 is 0 Å². The van der Waals surface area contributed by atoms with E-state index in [1.165, 1.54) is 35.0 Å². The second kappa shape index (κ2) is 9.59. The molecule has 1 amide bonds. The molecule has 3 aromatic carbocycles. The van der Waals surface area contributed by atoms with Crippen molar-refractivity contribution in [2.75, 3.05) is 5.32 Å². The Hall–Kier alpha value is -3.96.